The van der Waals surface area contributed by atoms with E-state index >= 15 is 0 Å². The third-order valence-electron chi connectivity index (χ3n) is 13.2. The maximum atomic E-state index is 5.57. The zero-order valence-corrected chi connectivity index (χ0v) is 38.7. The lowest BCUT2D eigenvalue weighted by Crippen LogP contribution is -1.91. The topological polar surface area (TPSA) is 57.4 Å². The van der Waals surface area contributed by atoms with Crippen LogP contribution in [0.4, 0.5) is 0 Å². The van der Waals surface area contributed by atoms with Gasteiger partial charge in [0, 0.05) is 51.5 Å². The molecule has 13 rings (SSSR count). The second-order valence-electron chi connectivity index (χ2n) is 16.9. The molecule has 5 heterocycles. The van der Waals surface area contributed by atoms with Crippen molar-refractivity contribution in [2.24, 2.45) is 0 Å². The summed E-state index contributed by atoms with van der Waals surface area (Å²) < 4.78 is 2.37. The fourth-order valence-corrected chi connectivity index (χ4v) is 11.0. The molecule has 64 heavy (non-hydrogen) atoms. The molecule has 0 unspecified atom stereocenters. The molecule has 4 nitrogen and oxygen atoms in total. The van der Waals surface area contributed by atoms with E-state index in [0.717, 1.165) is 102 Å². The molecule has 2 aliphatic heterocycles. The molecule has 0 amide bonds. The van der Waals surface area contributed by atoms with E-state index in [4.69, 9.17) is 9.97 Å². The van der Waals surface area contributed by atoms with Crippen molar-refractivity contribution < 1.29 is 0 Å². The highest BCUT2D eigenvalue weighted by atomic mass is 127. The van der Waals surface area contributed by atoms with Gasteiger partial charge in [0.1, 0.15) is 0 Å². The number of aromatic amines is 2. The van der Waals surface area contributed by atoms with Crippen molar-refractivity contribution in [1.29, 1.82) is 0 Å². The van der Waals surface area contributed by atoms with E-state index in [9.17, 15) is 0 Å². The number of hydrogen-bond donors (Lipinski definition) is 2. The normalized spacial score (nSPS) is 12.9. The molecule has 6 heteroatoms. The van der Waals surface area contributed by atoms with Crippen LogP contribution in [0.15, 0.2) is 158 Å². The van der Waals surface area contributed by atoms with Crippen LogP contribution in [0.2, 0.25) is 0 Å². The number of rotatable bonds is 4. The largest absolute Gasteiger partial charge is 0.354 e. The van der Waals surface area contributed by atoms with Crippen LogP contribution < -0.4 is 0 Å². The monoisotopic (exact) mass is 1040 g/mol. The summed E-state index contributed by atoms with van der Waals surface area (Å²) in [6.07, 6.45) is 10.6. The molecule has 0 saturated carbocycles. The van der Waals surface area contributed by atoms with Gasteiger partial charge in [-0.15, -0.1) is 0 Å². The lowest BCUT2D eigenvalue weighted by atomic mass is 9.98. The van der Waals surface area contributed by atoms with Gasteiger partial charge in [0.2, 0.25) is 0 Å². The van der Waals surface area contributed by atoms with Gasteiger partial charge < -0.3 is 9.97 Å². The van der Waals surface area contributed by atoms with Crippen molar-refractivity contribution in [1.82, 2.24) is 19.9 Å². The van der Waals surface area contributed by atoms with Crippen molar-refractivity contribution >= 4 is 91.6 Å². The average Bonchev–Trinajstić information content (AvgIpc) is 4.19. The molecular weight excluding hydrogens is 1010 g/mol. The average molecular weight is 1040 g/mol. The standard InChI is InChI=1S/C58H36I2N4/c59-41-15-9-33(10-16-41)55-47-21-25-51(61-47)57(37-13-19-45-39(31-37)29-35-5-1-3-7-43(35)45)52-26-22-48(62-52)56(34-11-17-42(60)18-12-34)50-24-28-54(64-50)58(53-27-23-49(55)63-53)38-14-20-46-40(32-38)30-36-6-2-4-8-44(36)46/h1-28,31-32,61,64H,29-30H2. The quantitative estimate of drug-likeness (QED) is 0.173. The van der Waals surface area contributed by atoms with Crippen LogP contribution in [0.3, 0.4) is 0 Å². The Labute approximate surface area is 397 Å². The van der Waals surface area contributed by atoms with Gasteiger partial charge >= 0.3 is 0 Å². The van der Waals surface area contributed by atoms with Gasteiger partial charge in [-0.25, -0.2) is 9.97 Å². The predicted octanol–water partition coefficient (Wildman–Crippen LogP) is 15.7. The third kappa shape index (κ3) is 6.29. The lowest BCUT2D eigenvalue weighted by molar-refractivity contribution is 1.26. The van der Waals surface area contributed by atoms with Crippen LogP contribution in [0.5, 0.6) is 0 Å². The summed E-state index contributed by atoms with van der Waals surface area (Å²) in [6, 6.07) is 57.8. The molecule has 4 aliphatic rings. The number of nitrogens with zero attached hydrogens (tertiary/aromatic N) is 2. The molecule has 9 aromatic rings. The van der Waals surface area contributed by atoms with Crippen molar-refractivity contribution in [2.45, 2.75) is 12.8 Å². The van der Waals surface area contributed by atoms with Crippen molar-refractivity contribution in [3.8, 4) is 66.8 Å². The van der Waals surface area contributed by atoms with Gasteiger partial charge in [0.15, 0.2) is 0 Å². The Morgan fingerprint density at radius 2 is 0.656 bits per heavy atom. The minimum atomic E-state index is 0.909. The van der Waals surface area contributed by atoms with Gasteiger partial charge in [-0.3, -0.25) is 0 Å². The number of H-pyrrole nitrogens is 2. The van der Waals surface area contributed by atoms with E-state index < -0.39 is 0 Å². The third-order valence-corrected chi connectivity index (χ3v) is 14.6. The van der Waals surface area contributed by atoms with Crippen molar-refractivity contribution in [3.63, 3.8) is 0 Å². The van der Waals surface area contributed by atoms with Gasteiger partial charge in [0.05, 0.1) is 22.8 Å². The first kappa shape index (κ1) is 37.9. The second kappa shape index (κ2) is 15.0. The first-order chi connectivity index (χ1) is 31.5. The van der Waals surface area contributed by atoms with Crippen LogP contribution in [0.25, 0.3) is 113 Å². The van der Waals surface area contributed by atoms with Gasteiger partial charge in [-0.1, -0.05) is 109 Å². The SMILES string of the molecule is Ic1ccc(-c2c3nc(c(-c4ccc5c(c4)Cc4ccccc4-5)c4ccc([nH]4)c(-c4ccc(I)cc4)c4nc(c(-c5ccc6c(c5)Cc5ccccc5-6)c5ccc2[nH]5)C=C4)C=C3)cc1. The number of benzene rings is 6. The molecule has 6 aromatic carbocycles. The van der Waals surface area contributed by atoms with Crippen LogP contribution in [-0.2, 0) is 12.8 Å². The smallest absolute Gasteiger partial charge is 0.0737 e. The fraction of sp³-hybridized carbons (Fsp3) is 0.0345. The first-order valence-corrected chi connectivity index (χ1v) is 23.8. The van der Waals surface area contributed by atoms with E-state index in [1.807, 2.05) is 0 Å². The number of hydrogen-bond acceptors (Lipinski definition) is 2. The maximum Gasteiger partial charge on any atom is 0.0737 e. The van der Waals surface area contributed by atoms with E-state index in [-0.39, 0.29) is 0 Å². The molecule has 3 aromatic heterocycles. The van der Waals surface area contributed by atoms with Crippen molar-refractivity contribution in [3.05, 3.63) is 210 Å². The minimum Gasteiger partial charge on any atom is -0.354 e. The number of fused-ring (bicyclic) bond motifs is 14. The summed E-state index contributed by atoms with van der Waals surface area (Å²) in [4.78, 5) is 19.0. The zero-order chi connectivity index (χ0) is 42.5. The van der Waals surface area contributed by atoms with Crippen molar-refractivity contribution in [2.75, 3.05) is 0 Å². The molecule has 0 fully saturated rings. The van der Waals surface area contributed by atoms with Crippen LogP contribution >= 0.6 is 45.2 Å². The number of aromatic nitrogens is 4. The van der Waals surface area contributed by atoms with E-state index in [0.29, 0.717) is 0 Å². The van der Waals surface area contributed by atoms with Gasteiger partial charge in [-0.05, 0) is 198 Å². The molecule has 0 radical (unpaired) electrons. The predicted molar refractivity (Wildman–Crippen MR) is 283 cm³/mol. The number of nitrogens with one attached hydrogen (secondary N) is 2. The first-order valence-electron chi connectivity index (χ1n) is 21.6. The molecule has 302 valence electrons. The Morgan fingerprint density at radius 3 is 1.05 bits per heavy atom. The lowest BCUT2D eigenvalue weighted by Gasteiger charge is -2.09. The highest BCUT2D eigenvalue weighted by molar-refractivity contribution is 14.1. The van der Waals surface area contributed by atoms with E-state index in [2.05, 4.69) is 237 Å². The molecule has 0 saturated heterocycles. The summed E-state index contributed by atoms with van der Waals surface area (Å²) in [6.45, 7) is 0. The Bertz CT molecular complexity index is 3440. The highest BCUT2D eigenvalue weighted by Gasteiger charge is 2.24. The molecule has 0 atom stereocenters. The summed E-state index contributed by atoms with van der Waals surface area (Å²) in [5.74, 6) is 0. The second-order valence-corrected chi connectivity index (χ2v) is 19.4. The summed E-state index contributed by atoms with van der Waals surface area (Å²) in [7, 11) is 0. The van der Waals surface area contributed by atoms with Crippen LogP contribution in [0.1, 0.15) is 45.0 Å². The highest BCUT2D eigenvalue weighted by Crippen LogP contribution is 2.44. The Morgan fingerprint density at radius 1 is 0.328 bits per heavy atom. The van der Waals surface area contributed by atoms with Crippen LogP contribution in [0, 0.1) is 7.14 Å². The number of halogens is 2. The summed E-state index contributed by atoms with van der Waals surface area (Å²) in [5, 5.41) is 0. The Kier molecular flexibility index (Phi) is 8.88. The molecule has 8 bridgehead atoms. The fourth-order valence-electron chi connectivity index (χ4n) is 10.3. The summed E-state index contributed by atoms with van der Waals surface area (Å²) in [5.41, 5.74) is 27.0. The molecule has 2 N–H and O–H groups in total. The Hall–Kier alpha value is -6.62. The maximum absolute atomic E-state index is 5.57. The molecule has 2 aliphatic carbocycles. The molecule has 0 spiro atoms. The van der Waals surface area contributed by atoms with Crippen LogP contribution in [-0.4, -0.2) is 19.9 Å². The molecular formula is C58H36I2N4. The minimum absolute atomic E-state index is 0.909. The van der Waals surface area contributed by atoms with E-state index in [1.165, 1.54) is 51.6 Å². The Balaban J connectivity index is 1.13. The summed E-state index contributed by atoms with van der Waals surface area (Å²) >= 11 is 4.77. The van der Waals surface area contributed by atoms with Gasteiger partial charge in [-0.2, -0.15) is 0 Å². The van der Waals surface area contributed by atoms with E-state index in [1.54, 1.807) is 0 Å². The zero-order valence-electron chi connectivity index (χ0n) is 34.4. The van der Waals surface area contributed by atoms with Gasteiger partial charge in [0.25, 0.3) is 0 Å².